The molecule has 0 bridgehead atoms. The summed E-state index contributed by atoms with van der Waals surface area (Å²) in [6, 6.07) is 0. The van der Waals surface area contributed by atoms with Gasteiger partial charge in [-0.3, -0.25) is 14.4 Å². The first kappa shape index (κ1) is 69.6. The molecule has 0 aromatic rings. The second kappa shape index (κ2) is 61.1. The maximum atomic E-state index is 12.9. The molecule has 0 aliphatic carbocycles. The van der Waals surface area contributed by atoms with Gasteiger partial charge >= 0.3 is 17.9 Å². The summed E-state index contributed by atoms with van der Waals surface area (Å²) in [4.78, 5) is 38.3. The Morgan fingerprint density at radius 1 is 0.274 bits per heavy atom. The maximum absolute atomic E-state index is 12.9. The van der Waals surface area contributed by atoms with E-state index in [9.17, 15) is 14.4 Å². The van der Waals surface area contributed by atoms with Crippen molar-refractivity contribution in [3.63, 3.8) is 0 Å². The molecule has 0 aromatic carbocycles. The van der Waals surface area contributed by atoms with Gasteiger partial charge in [0.05, 0.1) is 0 Å². The van der Waals surface area contributed by atoms with Crippen molar-refractivity contribution in [2.75, 3.05) is 13.2 Å². The van der Waals surface area contributed by atoms with Gasteiger partial charge in [0, 0.05) is 19.3 Å². The zero-order valence-electron chi connectivity index (χ0n) is 48.1. The number of hydrogen-bond donors (Lipinski definition) is 0. The molecule has 420 valence electrons. The molecule has 0 saturated carbocycles. The molecule has 0 radical (unpaired) electrons. The van der Waals surface area contributed by atoms with Crippen LogP contribution in [0.3, 0.4) is 0 Å². The van der Waals surface area contributed by atoms with E-state index >= 15 is 0 Å². The molecule has 0 unspecified atom stereocenters. The molecule has 6 heteroatoms. The molecule has 0 aliphatic rings. The normalized spacial score (nSPS) is 12.6. The largest absolute Gasteiger partial charge is 0.462 e. The van der Waals surface area contributed by atoms with Crippen molar-refractivity contribution >= 4 is 17.9 Å². The van der Waals surface area contributed by atoms with Gasteiger partial charge in [-0.05, 0) is 122 Å². The van der Waals surface area contributed by atoms with Crippen molar-refractivity contribution in [2.45, 2.75) is 309 Å². The van der Waals surface area contributed by atoms with Gasteiger partial charge in [-0.2, -0.15) is 0 Å². The Bertz CT molecular complexity index is 1400. The van der Waals surface area contributed by atoms with Crippen LogP contribution in [-0.4, -0.2) is 37.2 Å². The molecule has 0 saturated heterocycles. The molecule has 0 fully saturated rings. The summed E-state index contributed by atoms with van der Waals surface area (Å²) < 4.78 is 16.9. The van der Waals surface area contributed by atoms with Gasteiger partial charge in [-0.1, -0.05) is 247 Å². The van der Waals surface area contributed by atoms with E-state index in [1.54, 1.807) is 0 Å². The van der Waals surface area contributed by atoms with Crippen LogP contribution in [0.5, 0.6) is 0 Å². The lowest BCUT2D eigenvalue weighted by Crippen LogP contribution is -2.30. The van der Waals surface area contributed by atoms with Crippen LogP contribution in [0, 0.1) is 0 Å². The van der Waals surface area contributed by atoms with Gasteiger partial charge in [0.2, 0.25) is 0 Å². The quantitative estimate of drug-likeness (QED) is 0.0261. The third-order valence-electron chi connectivity index (χ3n) is 13.3. The molecule has 0 aromatic heterocycles. The van der Waals surface area contributed by atoms with Gasteiger partial charge in [0.25, 0.3) is 0 Å². The van der Waals surface area contributed by atoms with Crippen molar-refractivity contribution in [3.8, 4) is 0 Å². The Morgan fingerprint density at radius 2 is 0.493 bits per heavy atom. The molecule has 0 rings (SSSR count). The van der Waals surface area contributed by atoms with Crippen molar-refractivity contribution in [1.82, 2.24) is 0 Å². The topological polar surface area (TPSA) is 78.9 Å². The van der Waals surface area contributed by atoms with Crippen molar-refractivity contribution < 1.29 is 28.6 Å². The Hall–Kier alpha value is -3.41. The molecule has 0 amide bonds. The third kappa shape index (κ3) is 59.3. The van der Waals surface area contributed by atoms with E-state index in [0.717, 1.165) is 103 Å². The van der Waals surface area contributed by atoms with Crippen LogP contribution >= 0.6 is 0 Å². The summed E-state index contributed by atoms with van der Waals surface area (Å²) in [5, 5.41) is 0. The second-order valence-corrected chi connectivity index (χ2v) is 20.6. The van der Waals surface area contributed by atoms with Crippen molar-refractivity contribution in [2.24, 2.45) is 0 Å². The summed E-state index contributed by atoms with van der Waals surface area (Å²) in [5.41, 5.74) is 0. The first-order valence-corrected chi connectivity index (χ1v) is 31.1. The molecule has 0 spiro atoms. The van der Waals surface area contributed by atoms with Gasteiger partial charge in [-0.25, -0.2) is 0 Å². The molecule has 0 heterocycles. The molecular weight excluding hydrogens is 901 g/mol. The molecule has 0 N–H and O–H groups in total. The van der Waals surface area contributed by atoms with E-state index in [-0.39, 0.29) is 31.1 Å². The average molecular weight is 1020 g/mol. The van der Waals surface area contributed by atoms with Crippen LogP contribution in [0.1, 0.15) is 303 Å². The zero-order valence-corrected chi connectivity index (χ0v) is 48.1. The Morgan fingerprint density at radius 3 is 0.808 bits per heavy atom. The number of rotatable bonds is 56. The minimum Gasteiger partial charge on any atom is -0.462 e. The predicted molar refractivity (Wildman–Crippen MR) is 316 cm³/mol. The molecule has 0 aliphatic heterocycles. The van der Waals surface area contributed by atoms with E-state index in [2.05, 4.69) is 106 Å². The van der Waals surface area contributed by atoms with Crippen LogP contribution < -0.4 is 0 Å². The lowest BCUT2D eigenvalue weighted by atomic mass is 10.1. The number of carbonyl (C=O) groups is 3. The Labute approximate surface area is 452 Å². The van der Waals surface area contributed by atoms with Crippen LogP contribution in [0.2, 0.25) is 0 Å². The number of allylic oxidation sites excluding steroid dienone is 14. The minimum atomic E-state index is -0.796. The third-order valence-corrected chi connectivity index (χ3v) is 13.3. The molecule has 73 heavy (non-hydrogen) atoms. The summed E-state index contributed by atoms with van der Waals surface area (Å²) >= 11 is 0. The van der Waals surface area contributed by atoms with Crippen molar-refractivity contribution in [3.05, 3.63) is 85.1 Å². The van der Waals surface area contributed by atoms with E-state index in [1.165, 1.54) is 161 Å². The fourth-order valence-corrected chi connectivity index (χ4v) is 8.63. The molecule has 1 atom stereocenters. The highest BCUT2D eigenvalue weighted by atomic mass is 16.6. The lowest BCUT2D eigenvalue weighted by Gasteiger charge is -2.18. The summed E-state index contributed by atoms with van der Waals surface area (Å²) in [6.07, 6.45) is 80.0. The van der Waals surface area contributed by atoms with Crippen LogP contribution in [0.4, 0.5) is 0 Å². The SMILES string of the molecule is CCCCC/C=C\C/C=C\C/C=C\CCCCCCCCC(=O)OC[C@@H](COC(=O)CCCCCC/C=C\C/C=C\C/C=C\CCCCC)OC(=O)CCCCCCCCC/C=C\CCCCCCCCCC. The summed E-state index contributed by atoms with van der Waals surface area (Å²) in [6.45, 7) is 6.58. The highest BCUT2D eigenvalue weighted by Gasteiger charge is 2.19. The fourth-order valence-electron chi connectivity index (χ4n) is 8.63. The van der Waals surface area contributed by atoms with Gasteiger partial charge in [-0.15, -0.1) is 0 Å². The highest BCUT2D eigenvalue weighted by molar-refractivity contribution is 5.71. The van der Waals surface area contributed by atoms with Crippen LogP contribution in [0.25, 0.3) is 0 Å². The smallest absolute Gasteiger partial charge is 0.306 e. The standard InChI is InChI=1S/C67H116O6/c1-4-7-10-13-16-19-22-25-28-31-33-36-39-42-45-48-51-54-57-60-66(69)72-63-64(62-71-65(68)59-56-53-50-47-44-41-38-35-30-27-24-21-18-15-12-9-6-3)73-67(70)61-58-55-52-49-46-43-40-37-34-32-29-26-23-20-17-14-11-8-5-2/h16,18-19,21,25,27-28,30,32-34,36,38,41,64H,4-15,17,20,22-24,26,29,31,35,37,39-40,42-63H2,1-3H3/b19-16-,21-18-,28-25-,30-27-,34-32-,36-33-,41-38-/t64-/m1/s1. The minimum absolute atomic E-state index is 0.0921. The predicted octanol–water partition coefficient (Wildman–Crippen LogP) is 21.1. The summed E-state index contributed by atoms with van der Waals surface area (Å²) in [5.74, 6) is -0.920. The van der Waals surface area contributed by atoms with Gasteiger partial charge < -0.3 is 14.2 Å². The second-order valence-electron chi connectivity index (χ2n) is 20.6. The van der Waals surface area contributed by atoms with Crippen LogP contribution in [-0.2, 0) is 28.6 Å². The van der Waals surface area contributed by atoms with Gasteiger partial charge in [0.15, 0.2) is 6.10 Å². The summed E-state index contributed by atoms with van der Waals surface area (Å²) in [7, 11) is 0. The first-order valence-electron chi connectivity index (χ1n) is 31.1. The first-order chi connectivity index (χ1) is 36.0. The van der Waals surface area contributed by atoms with Gasteiger partial charge in [0.1, 0.15) is 13.2 Å². The number of esters is 3. The lowest BCUT2D eigenvalue weighted by molar-refractivity contribution is -0.167. The Kier molecular flexibility index (Phi) is 58.3. The fraction of sp³-hybridized carbons (Fsp3) is 0.746. The van der Waals surface area contributed by atoms with E-state index in [1.807, 2.05) is 0 Å². The monoisotopic (exact) mass is 1020 g/mol. The van der Waals surface area contributed by atoms with E-state index in [4.69, 9.17) is 14.2 Å². The highest BCUT2D eigenvalue weighted by Crippen LogP contribution is 2.15. The number of unbranched alkanes of at least 4 members (excludes halogenated alkanes) is 31. The van der Waals surface area contributed by atoms with Crippen molar-refractivity contribution in [1.29, 1.82) is 0 Å². The number of carbonyl (C=O) groups excluding carboxylic acids is 3. The maximum Gasteiger partial charge on any atom is 0.306 e. The zero-order chi connectivity index (χ0) is 52.9. The average Bonchev–Trinajstić information content (AvgIpc) is 3.39. The number of ether oxygens (including phenoxy) is 3. The Balaban J connectivity index is 4.45. The molecule has 6 nitrogen and oxygen atoms in total. The molecular formula is C67H116O6. The van der Waals surface area contributed by atoms with E-state index < -0.39 is 6.10 Å². The van der Waals surface area contributed by atoms with Crippen LogP contribution in [0.15, 0.2) is 85.1 Å². The number of hydrogen-bond acceptors (Lipinski definition) is 6. The van der Waals surface area contributed by atoms with E-state index in [0.29, 0.717) is 19.3 Å².